The van der Waals surface area contributed by atoms with Crippen molar-refractivity contribution in [2.45, 2.75) is 38.1 Å². The van der Waals surface area contributed by atoms with Gasteiger partial charge in [-0.25, -0.2) is 4.98 Å². The van der Waals surface area contributed by atoms with Crippen molar-refractivity contribution in [3.8, 4) is 5.75 Å². The summed E-state index contributed by atoms with van der Waals surface area (Å²) in [5.41, 5.74) is 3.92. The molecule has 38 heavy (non-hydrogen) atoms. The highest BCUT2D eigenvalue weighted by Gasteiger charge is 2.31. The molecular weight excluding hydrogens is 478 g/mol. The Morgan fingerprint density at radius 2 is 1.89 bits per heavy atom. The normalized spacial score (nSPS) is 19.5. The van der Waals surface area contributed by atoms with E-state index in [1.54, 1.807) is 12.3 Å². The van der Waals surface area contributed by atoms with Gasteiger partial charge in [0.2, 0.25) is 5.95 Å². The van der Waals surface area contributed by atoms with Crippen LogP contribution in [0.4, 0.5) is 11.6 Å². The number of likely N-dealkylation sites (N-methyl/N-ethyl adjacent to an activating group) is 1. The number of carbonyl (C=O) groups excluding carboxylic acids is 1. The fourth-order valence-electron chi connectivity index (χ4n) is 5.71. The number of likely N-dealkylation sites (tertiary alicyclic amines) is 1. The lowest BCUT2D eigenvalue weighted by Gasteiger charge is -2.26. The van der Waals surface area contributed by atoms with E-state index in [-0.39, 0.29) is 17.1 Å². The fraction of sp³-hybridized carbons (Fsp3) is 0.333. The van der Waals surface area contributed by atoms with Crippen molar-refractivity contribution in [3.05, 3.63) is 87.8 Å². The number of nitrogens with zero attached hydrogens (tertiary/aromatic N) is 4. The standard InChI is InChI=1S/C30H31N5O3/c1-3-38-26-16-22-17-31-30(32-23-11-8-19(9-12-23)21-14-15-34(2)18-21)33-28(22)35(29(26)37)25-13-10-20-6-4-5-7-24(20)27(25)36/h4-9,11-12,16-17,21,25H,3,10,13-15,18H2,1-2H3,(H,31,32,33). The molecule has 3 heterocycles. The minimum atomic E-state index is -0.660. The van der Waals surface area contributed by atoms with Crippen LogP contribution in [0, 0.1) is 0 Å². The fourth-order valence-corrected chi connectivity index (χ4v) is 5.71. The van der Waals surface area contributed by atoms with Crippen LogP contribution < -0.4 is 15.6 Å². The number of Topliss-reactive ketones (excluding diaryl/α,β-unsaturated/α-hetero) is 1. The van der Waals surface area contributed by atoms with E-state index in [1.807, 2.05) is 43.3 Å². The molecule has 194 valence electrons. The van der Waals surface area contributed by atoms with Gasteiger partial charge < -0.3 is 15.0 Å². The Labute approximate surface area is 221 Å². The number of anilines is 2. The first kappa shape index (κ1) is 24.3. The summed E-state index contributed by atoms with van der Waals surface area (Å²) < 4.78 is 7.15. The second-order valence-corrected chi connectivity index (χ2v) is 10.2. The number of carbonyl (C=O) groups is 1. The van der Waals surface area contributed by atoms with E-state index in [4.69, 9.17) is 9.72 Å². The Morgan fingerprint density at radius 1 is 1.08 bits per heavy atom. The molecule has 0 saturated carbocycles. The average molecular weight is 510 g/mol. The van der Waals surface area contributed by atoms with Gasteiger partial charge in [0, 0.05) is 29.4 Å². The summed E-state index contributed by atoms with van der Waals surface area (Å²) in [5, 5.41) is 3.92. The van der Waals surface area contributed by atoms with Gasteiger partial charge >= 0.3 is 0 Å². The third kappa shape index (κ3) is 4.45. The number of pyridine rings is 1. The number of hydrogen-bond acceptors (Lipinski definition) is 7. The maximum atomic E-state index is 13.6. The molecule has 2 aromatic carbocycles. The maximum Gasteiger partial charge on any atom is 0.295 e. The smallest absolute Gasteiger partial charge is 0.295 e. The quantitative estimate of drug-likeness (QED) is 0.402. The highest BCUT2D eigenvalue weighted by molar-refractivity contribution is 6.02. The number of hydrogen-bond donors (Lipinski definition) is 1. The summed E-state index contributed by atoms with van der Waals surface area (Å²) in [6.07, 6.45) is 4.07. The minimum Gasteiger partial charge on any atom is -0.488 e. The Balaban J connectivity index is 1.37. The Morgan fingerprint density at radius 3 is 2.66 bits per heavy atom. The number of benzene rings is 2. The molecule has 1 aliphatic carbocycles. The molecule has 6 rings (SSSR count). The number of rotatable bonds is 6. The lowest BCUT2D eigenvalue weighted by molar-refractivity contribution is 0.0908. The van der Waals surface area contributed by atoms with Crippen molar-refractivity contribution in [2.75, 3.05) is 32.1 Å². The number of ether oxygens (including phenoxy) is 1. The molecule has 2 atom stereocenters. The van der Waals surface area contributed by atoms with Crippen molar-refractivity contribution < 1.29 is 9.53 Å². The molecule has 4 aromatic rings. The van der Waals surface area contributed by atoms with Crippen molar-refractivity contribution >= 4 is 28.5 Å². The third-order valence-corrected chi connectivity index (χ3v) is 7.65. The number of fused-ring (bicyclic) bond motifs is 2. The zero-order chi connectivity index (χ0) is 26.2. The summed E-state index contributed by atoms with van der Waals surface area (Å²) in [6, 6.07) is 17.0. The van der Waals surface area contributed by atoms with Gasteiger partial charge in [0.1, 0.15) is 11.7 Å². The van der Waals surface area contributed by atoms with Crippen LogP contribution in [0.2, 0.25) is 0 Å². The first-order valence-corrected chi connectivity index (χ1v) is 13.2. The molecule has 0 radical (unpaired) electrons. The number of nitrogens with one attached hydrogen (secondary N) is 1. The van der Waals surface area contributed by atoms with E-state index in [9.17, 15) is 9.59 Å². The highest BCUT2D eigenvalue weighted by atomic mass is 16.5. The predicted octanol–water partition coefficient (Wildman–Crippen LogP) is 4.72. The van der Waals surface area contributed by atoms with E-state index < -0.39 is 6.04 Å². The maximum absolute atomic E-state index is 13.6. The van der Waals surface area contributed by atoms with E-state index in [0.717, 1.165) is 24.3 Å². The molecule has 1 N–H and O–H groups in total. The van der Waals surface area contributed by atoms with Gasteiger partial charge in [-0.3, -0.25) is 14.2 Å². The number of ketones is 1. The second kappa shape index (κ2) is 10.0. The van der Waals surface area contributed by atoms with Crippen LogP contribution in [0.1, 0.15) is 53.2 Å². The first-order valence-electron chi connectivity index (χ1n) is 13.2. The third-order valence-electron chi connectivity index (χ3n) is 7.65. The van der Waals surface area contributed by atoms with Gasteiger partial charge in [-0.05, 0) is 75.0 Å². The van der Waals surface area contributed by atoms with Gasteiger partial charge in [0.15, 0.2) is 11.5 Å². The highest BCUT2D eigenvalue weighted by Crippen LogP contribution is 2.32. The molecule has 1 saturated heterocycles. The zero-order valence-corrected chi connectivity index (χ0v) is 21.7. The first-order chi connectivity index (χ1) is 18.5. The van der Waals surface area contributed by atoms with Gasteiger partial charge in [0.05, 0.1) is 6.61 Å². The minimum absolute atomic E-state index is 0.0785. The predicted molar refractivity (Wildman–Crippen MR) is 148 cm³/mol. The van der Waals surface area contributed by atoms with E-state index in [0.29, 0.717) is 47.9 Å². The summed E-state index contributed by atoms with van der Waals surface area (Å²) >= 11 is 0. The molecule has 8 nitrogen and oxygen atoms in total. The van der Waals surface area contributed by atoms with Gasteiger partial charge in [0.25, 0.3) is 5.56 Å². The molecule has 8 heteroatoms. The Kier molecular flexibility index (Phi) is 6.41. The zero-order valence-electron chi connectivity index (χ0n) is 21.7. The molecule has 1 fully saturated rings. The summed E-state index contributed by atoms with van der Waals surface area (Å²) in [6.45, 7) is 4.37. The Bertz CT molecular complexity index is 1560. The van der Waals surface area contributed by atoms with Crippen LogP contribution in [-0.4, -0.2) is 52.0 Å². The topological polar surface area (TPSA) is 89.3 Å². The SMILES string of the molecule is CCOc1cc2cnc(Nc3ccc(C4CCN(C)C4)cc3)nc2n(C2CCc3ccccc3C2=O)c1=O. The van der Waals surface area contributed by atoms with Crippen LogP contribution in [0.25, 0.3) is 11.0 Å². The van der Waals surface area contributed by atoms with Crippen molar-refractivity contribution in [1.82, 2.24) is 19.4 Å². The van der Waals surface area contributed by atoms with Crippen LogP contribution in [0.5, 0.6) is 5.75 Å². The molecule has 1 aliphatic heterocycles. The van der Waals surface area contributed by atoms with Gasteiger partial charge in [-0.1, -0.05) is 36.4 Å². The van der Waals surface area contributed by atoms with Crippen molar-refractivity contribution in [3.63, 3.8) is 0 Å². The van der Waals surface area contributed by atoms with Crippen LogP contribution in [-0.2, 0) is 6.42 Å². The monoisotopic (exact) mass is 509 g/mol. The molecule has 0 amide bonds. The largest absolute Gasteiger partial charge is 0.488 e. The van der Waals surface area contributed by atoms with Crippen molar-refractivity contribution in [1.29, 1.82) is 0 Å². The van der Waals surface area contributed by atoms with Crippen LogP contribution >= 0.6 is 0 Å². The lowest BCUT2D eigenvalue weighted by Crippen LogP contribution is -2.34. The summed E-state index contributed by atoms with van der Waals surface area (Å²) in [4.78, 5) is 38.7. The molecule has 2 aliphatic rings. The van der Waals surface area contributed by atoms with Crippen LogP contribution in [0.15, 0.2) is 65.6 Å². The Hall–Kier alpha value is -4.04. The van der Waals surface area contributed by atoms with E-state index in [2.05, 4.69) is 34.4 Å². The van der Waals surface area contributed by atoms with Gasteiger partial charge in [-0.15, -0.1) is 0 Å². The summed E-state index contributed by atoms with van der Waals surface area (Å²) in [5.74, 6) is 1.04. The number of aromatic nitrogens is 3. The van der Waals surface area contributed by atoms with E-state index in [1.165, 1.54) is 16.6 Å². The molecule has 2 unspecified atom stereocenters. The van der Waals surface area contributed by atoms with E-state index >= 15 is 0 Å². The molecular formula is C30H31N5O3. The summed E-state index contributed by atoms with van der Waals surface area (Å²) in [7, 11) is 2.16. The lowest BCUT2D eigenvalue weighted by atomic mass is 9.87. The average Bonchev–Trinajstić information content (AvgIpc) is 3.37. The van der Waals surface area contributed by atoms with Crippen LogP contribution in [0.3, 0.4) is 0 Å². The number of aryl methyl sites for hydroxylation is 1. The van der Waals surface area contributed by atoms with Crippen molar-refractivity contribution in [2.24, 2.45) is 0 Å². The second-order valence-electron chi connectivity index (χ2n) is 10.2. The molecule has 0 bridgehead atoms. The molecule has 2 aromatic heterocycles. The van der Waals surface area contributed by atoms with Gasteiger partial charge in [-0.2, -0.15) is 4.98 Å². The molecule has 0 spiro atoms.